The van der Waals surface area contributed by atoms with Crippen molar-refractivity contribution in [2.75, 3.05) is 5.32 Å². The Labute approximate surface area is 170 Å². The molecule has 0 saturated carbocycles. The zero-order chi connectivity index (χ0) is 21.4. The minimum atomic E-state index is -0.897. The van der Waals surface area contributed by atoms with Gasteiger partial charge >= 0.3 is 5.97 Å². The van der Waals surface area contributed by atoms with E-state index in [4.69, 9.17) is 5.11 Å². The van der Waals surface area contributed by atoms with Crippen LogP contribution in [0.5, 0.6) is 0 Å². The van der Waals surface area contributed by atoms with Gasteiger partial charge in [0, 0.05) is 24.5 Å². The predicted octanol–water partition coefficient (Wildman–Crippen LogP) is 3.04. The van der Waals surface area contributed by atoms with E-state index in [-0.39, 0.29) is 11.9 Å². The van der Waals surface area contributed by atoms with Crippen LogP contribution in [0.1, 0.15) is 26.5 Å². The molecule has 2 aromatic heterocycles. The molecular weight excluding hydrogens is 370 g/mol. The number of aliphatic carboxylic acids is 1. The van der Waals surface area contributed by atoms with Crippen molar-refractivity contribution in [3.05, 3.63) is 54.4 Å². The fourth-order valence-electron chi connectivity index (χ4n) is 2.70. The zero-order valence-electron chi connectivity index (χ0n) is 17.1. The molecule has 29 heavy (non-hydrogen) atoms. The Kier molecular flexibility index (Phi) is 7.70. The summed E-state index contributed by atoms with van der Waals surface area (Å²) in [5.41, 5.74) is 2.19. The van der Waals surface area contributed by atoms with Crippen LogP contribution >= 0.6 is 0 Å². The predicted molar refractivity (Wildman–Crippen MR) is 112 cm³/mol. The Balaban J connectivity index is 0.000000237. The van der Waals surface area contributed by atoms with Gasteiger partial charge in [-0.2, -0.15) is 5.10 Å². The van der Waals surface area contributed by atoms with Gasteiger partial charge in [-0.25, -0.2) is 9.67 Å². The summed E-state index contributed by atoms with van der Waals surface area (Å²) in [4.78, 5) is 25.1. The molecule has 0 bridgehead atoms. The average molecular weight is 397 g/mol. The highest BCUT2D eigenvalue weighted by molar-refractivity contribution is 5.81. The number of carbonyl (C=O) groups is 2. The molecule has 1 aromatic carbocycles. The number of carboxylic acids is 1. The standard InChI is InChI=1S/C14H14N4.C7H13NO3/c1-11-12-6-2-3-7-13(12)18(17-11)10-16-14-8-4-5-9-15-14;1-4(7(10)11)5(2)8-6(3)9/h2-9H,10H2,1H3,(H,15,16);4-5H,1-3H3,(H,8,9)(H,10,11). The van der Waals surface area contributed by atoms with Crippen LogP contribution in [-0.2, 0) is 16.3 Å². The number of amides is 1. The van der Waals surface area contributed by atoms with Gasteiger partial charge in [-0.3, -0.25) is 9.59 Å². The summed E-state index contributed by atoms with van der Waals surface area (Å²) in [6, 6.07) is 13.7. The largest absolute Gasteiger partial charge is 0.481 e. The van der Waals surface area contributed by atoms with Crippen LogP contribution in [0.3, 0.4) is 0 Å². The van der Waals surface area contributed by atoms with Crippen molar-refractivity contribution in [3.63, 3.8) is 0 Å². The van der Waals surface area contributed by atoms with Crippen molar-refractivity contribution in [1.29, 1.82) is 0 Å². The van der Waals surface area contributed by atoms with Crippen molar-refractivity contribution in [1.82, 2.24) is 20.1 Å². The van der Waals surface area contributed by atoms with Crippen molar-refractivity contribution in [2.24, 2.45) is 5.92 Å². The Morgan fingerprint density at radius 1 is 1.14 bits per heavy atom. The molecule has 0 spiro atoms. The van der Waals surface area contributed by atoms with E-state index in [1.165, 1.54) is 12.3 Å². The number of aryl methyl sites for hydroxylation is 1. The number of nitrogens with one attached hydrogen (secondary N) is 2. The fraction of sp³-hybridized carbons (Fsp3) is 0.333. The lowest BCUT2D eigenvalue weighted by Crippen LogP contribution is -2.38. The third-order valence-electron chi connectivity index (χ3n) is 4.49. The van der Waals surface area contributed by atoms with Crippen molar-refractivity contribution >= 4 is 28.6 Å². The third-order valence-corrected chi connectivity index (χ3v) is 4.49. The molecule has 2 unspecified atom stereocenters. The number of para-hydroxylation sites is 1. The molecule has 3 N–H and O–H groups in total. The van der Waals surface area contributed by atoms with Gasteiger partial charge in [0.15, 0.2) is 0 Å². The first-order valence-corrected chi connectivity index (χ1v) is 9.36. The first-order chi connectivity index (χ1) is 13.8. The second-order valence-electron chi connectivity index (χ2n) is 6.77. The number of hydrogen-bond donors (Lipinski definition) is 3. The molecule has 0 fully saturated rings. The molecule has 0 radical (unpaired) electrons. The SMILES string of the molecule is CC(=O)NC(C)C(C)C(=O)O.Cc1nn(CNc2ccccn2)c2ccccc12. The first kappa shape index (κ1) is 21.9. The number of benzene rings is 1. The number of rotatable bonds is 6. The molecule has 3 aromatic rings. The van der Waals surface area contributed by atoms with E-state index < -0.39 is 11.9 Å². The molecule has 0 saturated heterocycles. The van der Waals surface area contributed by atoms with Gasteiger partial charge < -0.3 is 15.7 Å². The summed E-state index contributed by atoms with van der Waals surface area (Å²) in [6.45, 7) is 7.24. The van der Waals surface area contributed by atoms with E-state index in [2.05, 4.69) is 32.8 Å². The van der Waals surface area contributed by atoms with Gasteiger partial charge in [-0.05, 0) is 39.0 Å². The van der Waals surface area contributed by atoms with E-state index in [1.54, 1.807) is 20.0 Å². The van der Waals surface area contributed by atoms with E-state index >= 15 is 0 Å². The lowest BCUT2D eigenvalue weighted by Gasteiger charge is -2.15. The molecule has 0 aliphatic rings. The highest BCUT2D eigenvalue weighted by atomic mass is 16.4. The Hall–Kier alpha value is -3.42. The minimum absolute atomic E-state index is 0.203. The van der Waals surface area contributed by atoms with Crippen molar-refractivity contribution < 1.29 is 14.7 Å². The van der Waals surface area contributed by atoms with Crippen LogP contribution in [0.15, 0.2) is 48.7 Å². The Morgan fingerprint density at radius 2 is 1.83 bits per heavy atom. The number of carboxylic acid groups (broad SMARTS) is 1. The highest BCUT2D eigenvalue weighted by Gasteiger charge is 2.19. The number of fused-ring (bicyclic) bond motifs is 1. The van der Waals surface area contributed by atoms with Gasteiger partial charge in [-0.1, -0.05) is 24.3 Å². The molecule has 8 heteroatoms. The van der Waals surface area contributed by atoms with Crippen LogP contribution in [-0.4, -0.2) is 37.8 Å². The van der Waals surface area contributed by atoms with Gasteiger partial charge in [0.1, 0.15) is 12.5 Å². The third kappa shape index (κ3) is 6.31. The summed E-state index contributed by atoms with van der Waals surface area (Å²) in [7, 11) is 0. The number of carbonyl (C=O) groups excluding carboxylic acids is 1. The quantitative estimate of drug-likeness (QED) is 0.590. The van der Waals surface area contributed by atoms with E-state index in [0.29, 0.717) is 6.67 Å². The normalized spacial score (nSPS) is 12.4. The number of hydrogen-bond acceptors (Lipinski definition) is 5. The molecule has 0 aliphatic heterocycles. The number of nitrogens with zero attached hydrogens (tertiary/aromatic N) is 3. The van der Waals surface area contributed by atoms with E-state index in [9.17, 15) is 9.59 Å². The maximum atomic E-state index is 10.5. The molecule has 8 nitrogen and oxygen atoms in total. The second kappa shape index (κ2) is 10.2. The molecule has 2 heterocycles. The molecule has 0 aliphatic carbocycles. The molecule has 3 rings (SSSR count). The fourth-order valence-corrected chi connectivity index (χ4v) is 2.70. The summed E-state index contributed by atoms with van der Waals surface area (Å²) in [5, 5.41) is 20.0. The average Bonchev–Trinajstić information content (AvgIpc) is 3.02. The summed E-state index contributed by atoms with van der Waals surface area (Å²) in [5.74, 6) is -0.787. The minimum Gasteiger partial charge on any atom is -0.481 e. The maximum absolute atomic E-state index is 10.5. The van der Waals surface area contributed by atoms with Gasteiger partial charge in [-0.15, -0.1) is 0 Å². The van der Waals surface area contributed by atoms with Gasteiger partial charge in [0.05, 0.1) is 17.1 Å². The number of pyridine rings is 1. The second-order valence-corrected chi connectivity index (χ2v) is 6.77. The Bertz CT molecular complexity index is 955. The summed E-state index contributed by atoms with van der Waals surface area (Å²) >= 11 is 0. The lowest BCUT2D eigenvalue weighted by molar-refractivity contribution is -0.142. The number of aromatic nitrogens is 3. The van der Waals surface area contributed by atoms with Crippen LogP contribution < -0.4 is 10.6 Å². The molecular formula is C21H27N5O3. The van der Waals surface area contributed by atoms with Crippen LogP contribution in [0, 0.1) is 12.8 Å². The van der Waals surface area contributed by atoms with Crippen molar-refractivity contribution in [2.45, 2.75) is 40.4 Å². The van der Waals surface area contributed by atoms with Crippen molar-refractivity contribution in [3.8, 4) is 0 Å². The van der Waals surface area contributed by atoms with Gasteiger partial charge in [0.25, 0.3) is 0 Å². The van der Waals surface area contributed by atoms with Crippen LogP contribution in [0.25, 0.3) is 10.9 Å². The molecule has 2 atom stereocenters. The van der Waals surface area contributed by atoms with Crippen LogP contribution in [0.2, 0.25) is 0 Å². The van der Waals surface area contributed by atoms with E-state index in [0.717, 1.165) is 17.0 Å². The molecule has 1 amide bonds. The monoisotopic (exact) mass is 397 g/mol. The first-order valence-electron chi connectivity index (χ1n) is 9.36. The summed E-state index contributed by atoms with van der Waals surface area (Å²) in [6.07, 6.45) is 1.77. The van der Waals surface area contributed by atoms with E-state index in [1.807, 2.05) is 41.9 Å². The highest BCUT2D eigenvalue weighted by Crippen LogP contribution is 2.17. The summed E-state index contributed by atoms with van der Waals surface area (Å²) < 4.78 is 1.96. The topological polar surface area (TPSA) is 109 Å². The maximum Gasteiger partial charge on any atom is 0.308 e. The molecule has 154 valence electrons. The Morgan fingerprint density at radius 3 is 2.45 bits per heavy atom. The van der Waals surface area contributed by atoms with Crippen LogP contribution in [0.4, 0.5) is 5.82 Å². The number of anilines is 1. The smallest absolute Gasteiger partial charge is 0.308 e. The zero-order valence-corrected chi connectivity index (χ0v) is 17.1. The van der Waals surface area contributed by atoms with Gasteiger partial charge in [0.2, 0.25) is 5.91 Å². The lowest BCUT2D eigenvalue weighted by atomic mass is 10.0.